The van der Waals surface area contributed by atoms with Gasteiger partial charge in [0.2, 0.25) is 0 Å². The Labute approximate surface area is 235 Å². The van der Waals surface area contributed by atoms with Crippen molar-refractivity contribution in [2.24, 2.45) is 0 Å². The number of halogens is 15. The number of rotatable bonds is 3. The van der Waals surface area contributed by atoms with Crippen molar-refractivity contribution in [3.8, 4) is 11.7 Å². The van der Waals surface area contributed by atoms with Crippen molar-refractivity contribution in [1.29, 1.82) is 0 Å². The van der Waals surface area contributed by atoms with Gasteiger partial charge in [-0.05, 0) is 26.0 Å². The number of hydrogen-bond acceptors (Lipinski definition) is 1. The van der Waals surface area contributed by atoms with Gasteiger partial charge in [0.05, 0.1) is 0 Å². The number of nitrogens with zero attached hydrogens (tertiary/aromatic N) is 1. The van der Waals surface area contributed by atoms with Crippen LogP contribution in [-0.4, -0.2) is 11.1 Å². The molecule has 230 valence electrons. The average Bonchev–Trinajstić information content (AvgIpc) is 2.97. The minimum Gasteiger partial charge on any atom is -0.291 e. The molecule has 0 radical (unpaired) electrons. The summed E-state index contributed by atoms with van der Waals surface area (Å²) in [5, 5.41) is 0. The van der Waals surface area contributed by atoms with Gasteiger partial charge in [-0.3, -0.25) is 10.8 Å². The number of aromatic nitrogens is 1. The molecule has 0 spiro atoms. The molecular weight excluding hydrogens is 634 g/mol. The van der Waals surface area contributed by atoms with E-state index < -0.39 is 115 Å². The third-order valence-corrected chi connectivity index (χ3v) is 6.54. The first-order chi connectivity index (χ1) is 20.4. The molecule has 0 fully saturated rings. The minimum absolute atomic E-state index is 0.0519. The monoisotopic (exact) mass is 642 g/mol. The number of hydrogen-bond donors (Lipinski definition) is 0. The summed E-state index contributed by atoms with van der Waals surface area (Å²) in [4.78, 5) is 3.89. The Kier molecular flexibility index (Phi) is 8.18. The first-order valence-electron chi connectivity index (χ1n) is 11.6. The molecule has 0 unspecified atom stereocenters. The van der Waals surface area contributed by atoms with Gasteiger partial charge in [0, 0.05) is 17.0 Å². The van der Waals surface area contributed by atoms with E-state index in [0.717, 1.165) is 12.1 Å². The molecule has 1 aromatic heterocycles. The third kappa shape index (κ3) is 4.63. The van der Waals surface area contributed by atoms with Crippen LogP contribution in [0.15, 0.2) is 12.1 Å². The van der Waals surface area contributed by atoms with Crippen LogP contribution < -0.4 is 16.4 Å². The lowest BCUT2D eigenvalue weighted by Crippen LogP contribution is -2.72. The van der Waals surface area contributed by atoms with Crippen LogP contribution in [0.1, 0.15) is 17.0 Å². The molecule has 1 nitrogen and oxygen atoms in total. The van der Waals surface area contributed by atoms with Gasteiger partial charge in [-0.1, -0.05) is 0 Å². The zero-order valence-electron chi connectivity index (χ0n) is 21.3. The molecule has 17 heteroatoms. The summed E-state index contributed by atoms with van der Waals surface area (Å²) in [5.41, 5.74) is -8.75. The van der Waals surface area contributed by atoms with Crippen molar-refractivity contribution in [3.63, 3.8) is 0 Å². The molecule has 3 aromatic carbocycles. The fraction of sp³-hybridized carbons (Fsp3) is 0.0741. The van der Waals surface area contributed by atoms with Crippen LogP contribution in [0.4, 0.5) is 65.9 Å². The predicted octanol–water partition coefficient (Wildman–Crippen LogP) is 5.85. The van der Waals surface area contributed by atoms with Crippen LogP contribution in [0.3, 0.4) is 0 Å². The van der Waals surface area contributed by atoms with Gasteiger partial charge in [0.1, 0.15) is 34.9 Å². The standard InChI is InChI=1S/C27H8BF15N/c1-7-5-9(6-8(2)44-7)3-4-28(10-13(29)19(35)25(41)20(36)14(10)30,11-15(31)21(37)26(42)22(38)16(11)32)12-17(33)23(39)27(43)24(40)18(12)34/h5-6H,1-2H3/q-1. The summed E-state index contributed by atoms with van der Waals surface area (Å²) in [6.45, 7) is 2.57. The van der Waals surface area contributed by atoms with E-state index in [9.17, 15) is 39.5 Å². The molecule has 0 atom stereocenters. The zero-order chi connectivity index (χ0) is 33.2. The summed E-state index contributed by atoms with van der Waals surface area (Å²) in [6, 6.07) is 1.91. The summed E-state index contributed by atoms with van der Waals surface area (Å²) >= 11 is 0. The number of benzene rings is 3. The first-order valence-corrected chi connectivity index (χ1v) is 11.6. The molecule has 0 amide bonds. The van der Waals surface area contributed by atoms with Crippen LogP contribution >= 0.6 is 0 Å². The normalized spacial score (nSPS) is 11.6. The van der Waals surface area contributed by atoms with Crippen molar-refractivity contribution in [1.82, 2.24) is 4.98 Å². The highest BCUT2D eigenvalue weighted by Gasteiger charge is 2.47. The fourth-order valence-corrected chi connectivity index (χ4v) is 4.75. The van der Waals surface area contributed by atoms with Crippen LogP contribution in [0, 0.1) is 113 Å². The number of aryl methyl sites for hydroxylation is 2. The van der Waals surface area contributed by atoms with Crippen LogP contribution in [0.2, 0.25) is 0 Å². The topological polar surface area (TPSA) is 12.9 Å². The molecule has 0 saturated heterocycles. The Balaban J connectivity index is 2.50. The highest BCUT2D eigenvalue weighted by atomic mass is 19.2. The van der Waals surface area contributed by atoms with Crippen molar-refractivity contribution < 1.29 is 65.9 Å². The van der Waals surface area contributed by atoms with E-state index in [4.69, 9.17) is 0 Å². The Morgan fingerprint density at radius 3 is 0.886 bits per heavy atom. The fourth-order valence-electron chi connectivity index (χ4n) is 4.75. The van der Waals surface area contributed by atoms with Crippen LogP contribution in [0.5, 0.6) is 0 Å². The van der Waals surface area contributed by atoms with Crippen molar-refractivity contribution in [2.45, 2.75) is 13.8 Å². The van der Waals surface area contributed by atoms with E-state index in [0.29, 0.717) is 0 Å². The Bertz CT molecular complexity index is 1690. The second-order valence-electron chi connectivity index (χ2n) is 9.22. The molecule has 44 heavy (non-hydrogen) atoms. The maximum absolute atomic E-state index is 15.4. The SMILES string of the molecule is Cc1cc(C#C[B-](c2c(F)c(F)c(F)c(F)c2F)(c2c(F)c(F)c(F)c(F)c2F)c2c(F)c(F)c(F)c(F)c2F)cc(C)n1. The lowest BCUT2D eigenvalue weighted by molar-refractivity contribution is 0.380. The Morgan fingerprint density at radius 1 is 0.409 bits per heavy atom. The highest BCUT2D eigenvalue weighted by molar-refractivity contribution is 7.17. The zero-order valence-corrected chi connectivity index (χ0v) is 21.3. The largest absolute Gasteiger partial charge is 0.291 e. The van der Waals surface area contributed by atoms with E-state index in [1.807, 2.05) is 5.92 Å². The van der Waals surface area contributed by atoms with E-state index in [-0.39, 0.29) is 11.4 Å². The van der Waals surface area contributed by atoms with E-state index in [1.165, 1.54) is 19.7 Å². The van der Waals surface area contributed by atoms with Crippen LogP contribution in [0.25, 0.3) is 0 Å². The quantitative estimate of drug-likeness (QED) is 0.0900. The average molecular weight is 642 g/mol. The van der Waals surface area contributed by atoms with Gasteiger partial charge >= 0.3 is 0 Å². The van der Waals surface area contributed by atoms with Gasteiger partial charge < -0.3 is 0 Å². The lowest BCUT2D eigenvalue weighted by atomic mass is 9.15. The van der Waals surface area contributed by atoms with Crippen LogP contribution in [-0.2, 0) is 0 Å². The van der Waals surface area contributed by atoms with E-state index in [1.54, 1.807) is 0 Å². The molecule has 0 bridgehead atoms. The maximum Gasteiger partial charge on any atom is 0.200 e. The molecule has 0 aliphatic rings. The van der Waals surface area contributed by atoms with Gasteiger partial charge in [-0.25, -0.2) is 65.9 Å². The van der Waals surface area contributed by atoms with Crippen molar-refractivity contribution >= 4 is 22.5 Å². The van der Waals surface area contributed by atoms with Gasteiger partial charge in [-0.2, -0.15) is 0 Å². The second kappa shape index (κ2) is 11.1. The molecule has 0 aliphatic heterocycles. The maximum atomic E-state index is 15.4. The summed E-state index contributed by atoms with van der Waals surface area (Å²) in [6.07, 6.45) is -5.94. The van der Waals surface area contributed by atoms with Gasteiger partial charge in [0.15, 0.2) is 58.5 Å². The smallest absolute Gasteiger partial charge is 0.200 e. The Morgan fingerprint density at radius 2 is 0.636 bits per heavy atom. The van der Waals surface area contributed by atoms with Gasteiger partial charge in [-0.15, -0.1) is 22.3 Å². The summed E-state index contributed by atoms with van der Waals surface area (Å²) < 4.78 is 221. The third-order valence-electron chi connectivity index (χ3n) is 6.54. The molecule has 4 rings (SSSR count). The van der Waals surface area contributed by atoms with Gasteiger partial charge in [0.25, 0.3) is 0 Å². The summed E-state index contributed by atoms with van der Waals surface area (Å²) in [5.74, 6) is -43.1. The second-order valence-corrected chi connectivity index (χ2v) is 9.22. The molecule has 0 N–H and O–H groups in total. The molecule has 1 heterocycles. The molecule has 0 aliphatic carbocycles. The number of pyridine rings is 1. The predicted molar refractivity (Wildman–Crippen MR) is 124 cm³/mol. The van der Waals surface area contributed by atoms with Crippen molar-refractivity contribution in [3.05, 3.63) is 116 Å². The molecular formula is C27H8BF15N-. The lowest BCUT2D eigenvalue weighted by Gasteiger charge is -2.39. The summed E-state index contributed by atoms with van der Waals surface area (Å²) in [7, 11) is 0. The van der Waals surface area contributed by atoms with E-state index >= 15 is 26.3 Å². The minimum atomic E-state index is -5.94. The first kappa shape index (κ1) is 32.3. The highest BCUT2D eigenvalue weighted by Crippen LogP contribution is 2.28. The van der Waals surface area contributed by atoms with E-state index in [2.05, 4.69) is 4.98 Å². The molecule has 0 saturated carbocycles. The van der Waals surface area contributed by atoms with Crippen molar-refractivity contribution in [2.75, 3.05) is 0 Å². The molecule has 4 aromatic rings. The Hall–Kier alpha value is -4.62.